The van der Waals surface area contributed by atoms with Crippen LogP contribution in [-0.4, -0.2) is 51.1 Å². The second kappa shape index (κ2) is 8.98. The van der Waals surface area contributed by atoms with Gasteiger partial charge in [-0.05, 0) is 45.0 Å². The van der Waals surface area contributed by atoms with Gasteiger partial charge in [-0.15, -0.1) is 0 Å². The molecule has 1 aliphatic rings. The molecule has 0 atom stereocenters. The van der Waals surface area contributed by atoms with E-state index in [-0.39, 0.29) is 11.1 Å². The Balaban J connectivity index is 1.44. The Bertz CT molecular complexity index is 1400. The summed E-state index contributed by atoms with van der Waals surface area (Å²) in [7, 11) is 0. The van der Waals surface area contributed by atoms with E-state index in [1.165, 1.54) is 12.1 Å². The number of aromatic nitrogens is 1. The molecule has 4 rings (SSSR count). The van der Waals surface area contributed by atoms with Crippen molar-refractivity contribution in [3.63, 3.8) is 0 Å². The van der Waals surface area contributed by atoms with E-state index in [1.54, 1.807) is 13.0 Å². The maximum atomic E-state index is 12.8. The first kappa shape index (κ1) is 23.6. The molecule has 1 aliphatic heterocycles. The molecule has 0 unspecified atom stereocenters. The Labute approximate surface area is 199 Å². The monoisotopic (exact) mass is 475 g/mol. The molecule has 10 nitrogen and oxygen atoms in total. The van der Waals surface area contributed by atoms with Crippen molar-refractivity contribution in [2.75, 3.05) is 13.2 Å². The minimum Gasteiger partial charge on any atom is -0.456 e. The molecule has 0 saturated heterocycles. The summed E-state index contributed by atoms with van der Waals surface area (Å²) in [6, 6.07) is 13.2. The molecule has 35 heavy (non-hydrogen) atoms. The average molecular weight is 475 g/mol. The topological polar surface area (TPSA) is 129 Å². The largest absolute Gasteiger partial charge is 0.456 e. The minimum atomic E-state index is -0.983. The van der Waals surface area contributed by atoms with Crippen LogP contribution in [0, 0.1) is 30.9 Å². The SMILES string of the molecule is Cc1ccc(-n2c(C)cc(C(=O)COC(=O)CN3C(=O)c4cccc([N+](=O)[O-])c4C3=O)c2C)cc1. The molecule has 2 amide bonds. The molecule has 10 heteroatoms. The summed E-state index contributed by atoms with van der Waals surface area (Å²) in [5.41, 5.74) is 2.84. The zero-order valence-electron chi connectivity index (χ0n) is 19.2. The Morgan fingerprint density at radius 2 is 1.69 bits per heavy atom. The smallest absolute Gasteiger partial charge is 0.326 e. The maximum absolute atomic E-state index is 12.8. The normalized spacial score (nSPS) is 12.6. The first-order valence-corrected chi connectivity index (χ1v) is 10.7. The molecule has 3 aromatic rings. The molecule has 0 aliphatic carbocycles. The Hall–Kier alpha value is -4.60. The fraction of sp³-hybridized carbons (Fsp3) is 0.200. The lowest BCUT2D eigenvalue weighted by molar-refractivity contribution is -0.385. The van der Waals surface area contributed by atoms with Gasteiger partial charge in [-0.2, -0.15) is 0 Å². The highest BCUT2D eigenvalue weighted by atomic mass is 16.6. The lowest BCUT2D eigenvalue weighted by atomic mass is 10.1. The van der Waals surface area contributed by atoms with Crippen LogP contribution in [0.15, 0.2) is 48.5 Å². The third kappa shape index (κ3) is 4.21. The number of carbonyl (C=O) groups is 4. The lowest BCUT2D eigenvalue weighted by Gasteiger charge is -2.13. The highest BCUT2D eigenvalue weighted by Gasteiger charge is 2.42. The molecular weight excluding hydrogens is 454 g/mol. The van der Waals surface area contributed by atoms with Crippen molar-refractivity contribution in [3.05, 3.63) is 92.3 Å². The fourth-order valence-electron chi connectivity index (χ4n) is 4.15. The van der Waals surface area contributed by atoms with Gasteiger partial charge in [-0.1, -0.05) is 23.8 Å². The van der Waals surface area contributed by atoms with Crippen molar-refractivity contribution in [3.8, 4) is 5.69 Å². The highest BCUT2D eigenvalue weighted by molar-refractivity contribution is 6.24. The first-order chi connectivity index (χ1) is 16.6. The molecule has 0 bridgehead atoms. The lowest BCUT2D eigenvalue weighted by Crippen LogP contribution is -2.36. The number of rotatable bonds is 7. The second-order valence-corrected chi connectivity index (χ2v) is 8.19. The van der Waals surface area contributed by atoms with Gasteiger partial charge < -0.3 is 9.30 Å². The predicted molar refractivity (Wildman–Crippen MR) is 124 cm³/mol. The second-order valence-electron chi connectivity index (χ2n) is 8.19. The number of benzene rings is 2. The quantitative estimate of drug-likeness (QED) is 0.168. The molecule has 0 radical (unpaired) electrons. The third-order valence-corrected chi connectivity index (χ3v) is 5.85. The van der Waals surface area contributed by atoms with Gasteiger partial charge in [-0.25, -0.2) is 0 Å². The van der Waals surface area contributed by atoms with Gasteiger partial charge in [0.2, 0.25) is 5.78 Å². The molecule has 0 N–H and O–H groups in total. The van der Waals surface area contributed by atoms with Crippen LogP contribution < -0.4 is 0 Å². The van der Waals surface area contributed by atoms with Crippen LogP contribution in [0.5, 0.6) is 0 Å². The van der Waals surface area contributed by atoms with Gasteiger partial charge in [0, 0.05) is 28.7 Å². The van der Waals surface area contributed by atoms with Crippen LogP contribution in [-0.2, 0) is 9.53 Å². The zero-order chi connectivity index (χ0) is 25.4. The van der Waals surface area contributed by atoms with Gasteiger partial charge in [0.15, 0.2) is 6.61 Å². The molecule has 0 saturated carbocycles. The standard InChI is InChI=1S/C25H21N3O7/c1-14-7-9-17(10-8-14)27-15(2)11-19(16(27)3)21(29)13-35-22(30)12-26-24(31)18-5-4-6-20(28(33)34)23(18)25(26)32/h4-11H,12-13H2,1-3H3. The van der Waals surface area contributed by atoms with E-state index in [0.717, 1.165) is 23.0 Å². The number of ketones is 1. The number of nitrogens with zero attached hydrogens (tertiary/aromatic N) is 3. The number of ether oxygens (including phenoxy) is 1. The first-order valence-electron chi connectivity index (χ1n) is 10.7. The van der Waals surface area contributed by atoms with E-state index >= 15 is 0 Å². The fourth-order valence-corrected chi connectivity index (χ4v) is 4.15. The Morgan fingerprint density at radius 1 is 1.00 bits per heavy atom. The molecule has 2 aromatic carbocycles. The Morgan fingerprint density at radius 3 is 2.34 bits per heavy atom. The Kier molecular flexibility index (Phi) is 6.04. The average Bonchev–Trinajstić information content (AvgIpc) is 3.25. The number of imide groups is 1. The summed E-state index contributed by atoms with van der Waals surface area (Å²) in [5.74, 6) is -3.22. The van der Waals surface area contributed by atoms with Gasteiger partial charge in [-0.3, -0.25) is 34.2 Å². The van der Waals surface area contributed by atoms with E-state index in [0.29, 0.717) is 16.2 Å². The number of nitro benzene ring substituents is 1. The zero-order valence-corrected chi connectivity index (χ0v) is 19.2. The summed E-state index contributed by atoms with van der Waals surface area (Å²) < 4.78 is 6.96. The molecule has 178 valence electrons. The summed E-state index contributed by atoms with van der Waals surface area (Å²) in [6.45, 7) is 4.27. The van der Waals surface area contributed by atoms with Crippen LogP contribution in [0.1, 0.15) is 48.0 Å². The van der Waals surface area contributed by atoms with E-state index in [2.05, 4.69) is 0 Å². The number of esters is 1. The summed E-state index contributed by atoms with van der Waals surface area (Å²) >= 11 is 0. The number of carbonyl (C=O) groups excluding carboxylic acids is 4. The van der Waals surface area contributed by atoms with E-state index in [9.17, 15) is 29.3 Å². The molecule has 2 heterocycles. The molecule has 0 spiro atoms. The van der Waals surface area contributed by atoms with E-state index in [1.807, 2.05) is 42.7 Å². The number of amides is 2. The van der Waals surface area contributed by atoms with E-state index < -0.39 is 47.3 Å². The molecule has 0 fully saturated rings. The van der Waals surface area contributed by atoms with E-state index in [4.69, 9.17) is 4.74 Å². The maximum Gasteiger partial charge on any atom is 0.326 e. The number of nitro groups is 1. The molecular formula is C25H21N3O7. The van der Waals surface area contributed by atoms with Crippen molar-refractivity contribution in [2.24, 2.45) is 0 Å². The van der Waals surface area contributed by atoms with Crippen molar-refractivity contribution in [1.82, 2.24) is 9.47 Å². The van der Waals surface area contributed by atoms with Crippen LogP contribution in [0.2, 0.25) is 0 Å². The minimum absolute atomic E-state index is 0.156. The van der Waals surface area contributed by atoms with Crippen LogP contribution in [0.3, 0.4) is 0 Å². The number of hydrogen-bond acceptors (Lipinski definition) is 7. The van der Waals surface area contributed by atoms with Gasteiger partial charge in [0.1, 0.15) is 12.1 Å². The van der Waals surface area contributed by atoms with Crippen molar-refractivity contribution < 1.29 is 28.8 Å². The van der Waals surface area contributed by atoms with Gasteiger partial charge in [0.25, 0.3) is 17.5 Å². The number of fused-ring (bicyclic) bond motifs is 1. The van der Waals surface area contributed by atoms with Crippen molar-refractivity contribution in [2.45, 2.75) is 20.8 Å². The van der Waals surface area contributed by atoms with Crippen molar-refractivity contribution >= 4 is 29.3 Å². The van der Waals surface area contributed by atoms with Gasteiger partial charge in [0.05, 0.1) is 10.5 Å². The summed E-state index contributed by atoms with van der Waals surface area (Å²) in [4.78, 5) is 61.2. The molecule has 1 aromatic heterocycles. The summed E-state index contributed by atoms with van der Waals surface area (Å²) in [5, 5.41) is 11.2. The van der Waals surface area contributed by atoms with Crippen LogP contribution in [0.4, 0.5) is 5.69 Å². The number of hydrogen-bond donors (Lipinski definition) is 0. The number of Topliss-reactive ketones (excluding diaryl/α,β-unsaturated/α-hetero) is 1. The third-order valence-electron chi connectivity index (χ3n) is 5.85. The van der Waals surface area contributed by atoms with Crippen molar-refractivity contribution in [1.29, 1.82) is 0 Å². The van der Waals surface area contributed by atoms with Gasteiger partial charge >= 0.3 is 5.97 Å². The summed E-state index contributed by atoms with van der Waals surface area (Å²) in [6.07, 6.45) is 0. The van der Waals surface area contributed by atoms with Crippen LogP contribution >= 0.6 is 0 Å². The predicted octanol–water partition coefficient (Wildman–Crippen LogP) is 3.33. The highest BCUT2D eigenvalue weighted by Crippen LogP contribution is 2.30. The van der Waals surface area contributed by atoms with Crippen LogP contribution in [0.25, 0.3) is 5.69 Å². The number of aryl methyl sites for hydroxylation is 2.